The zero-order valence-electron chi connectivity index (χ0n) is 13.2. The predicted molar refractivity (Wildman–Crippen MR) is 97.8 cm³/mol. The molecule has 1 saturated carbocycles. The predicted octanol–water partition coefficient (Wildman–Crippen LogP) is 3.95. The summed E-state index contributed by atoms with van der Waals surface area (Å²) in [5.74, 6) is -0.204. The maximum atomic E-state index is 11.0. The van der Waals surface area contributed by atoms with Crippen molar-refractivity contribution in [3.63, 3.8) is 0 Å². The Kier molecular flexibility index (Phi) is 5.97. The first-order valence-corrected chi connectivity index (χ1v) is 9.74. The Morgan fingerprint density at radius 1 is 1.33 bits per heavy atom. The largest absolute Gasteiger partial charge is 0.481 e. The molecule has 0 saturated heterocycles. The number of nitrogens with one attached hydrogen (secondary N) is 1. The Balaban J connectivity index is 1.46. The van der Waals surface area contributed by atoms with E-state index in [0.717, 1.165) is 59.0 Å². The average molecular weight is 410 g/mol. The fourth-order valence-electron chi connectivity index (χ4n) is 3.05. The van der Waals surface area contributed by atoms with Crippen molar-refractivity contribution in [3.8, 4) is 10.6 Å². The Bertz CT molecular complexity index is 699. The van der Waals surface area contributed by atoms with Crippen LogP contribution in [-0.2, 0) is 11.3 Å². The first-order valence-electron chi connectivity index (χ1n) is 8.13. The van der Waals surface area contributed by atoms with Gasteiger partial charge in [-0.25, -0.2) is 9.97 Å². The molecule has 0 unspecified atom stereocenters. The second kappa shape index (κ2) is 8.18. The van der Waals surface area contributed by atoms with E-state index in [-0.39, 0.29) is 5.92 Å². The quantitative estimate of drug-likeness (QED) is 0.706. The summed E-state index contributed by atoms with van der Waals surface area (Å²) < 4.78 is 0.824. The molecule has 0 amide bonds. The molecule has 7 heteroatoms. The van der Waals surface area contributed by atoms with Gasteiger partial charge in [0.25, 0.3) is 0 Å². The van der Waals surface area contributed by atoms with Gasteiger partial charge < -0.3 is 10.4 Å². The van der Waals surface area contributed by atoms with E-state index in [1.165, 1.54) is 0 Å². The Labute approximate surface area is 153 Å². The molecule has 2 N–H and O–H groups in total. The van der Waals surface area contributed by atoms with E-state index in [4.69, 9.17) is 5.11 Å². The van der Waals surface area contributed by atoms with Crippen LogP contribution in [0.4, 0.5) is 0 Å². The highest BCUT2D eigenvalue weighted by atomic mass is 79.9. The summed E-state index contributed by atoms with van der Waals surface area (Å²) in [4.78, 5) is 20.9. The number of aromatic nitrogens is 2. The summed E-state index contributed by atoms with van der Waals surface area (Å²) in [5, 5.41) is 13.5. The van der Waals surface area contributed by atoms with Crippen LogP contribution in [0.5, 0.6) is 0 Å². The second-order valence-electron chi connectivity index (χ2n) is 6.15. The van der Waals surface area contributed by atoms with E-state index in [2.05, 4.69) is 31.2 Å². The minimum atomic E-state index is -0.641. The minimum absolute atomic E-state index is 0.138. The van der Waals surface area contributed by atoms with Gasteiger partial charge in [-0.15, -0.1) is 11.3 Å². The van der Waals surface area contributed by atoms with Crippen LogP contribution >= 0.6 is 27.3 Å². The molecule has 1 aliphatic rings. The molecule has 0 aliphatic heterocycles. The van der Waals surface area contributed by atoms with E-state index in [1.807, 2.05) is 24.4 Å². The van der Waals surface area contributed by atoms with Crippen LogP contribution in [0.3, 0.4) is 0 Å². The highest BCUT2D eigenvalue weighted by molar-refractivity contribution is 9.10. The fraction of sp³-hybridized carbons (Fsp3) is 0.471. The van der Waals surface area contributed by atoms with Crippen molar-refractivity contribution < 1.29 is 9.90 Å². The van der Waals surface area contributed by atoms with Gasteiger partial charge >= 0.3 is 5.97 Å². The number of rotatable bonds is 6. The molecule has 0 aromatic carbocycles. The molecule has 24 heavy (non-hydrogen) atoms. The van der Waals surface area contributed by atoms with Crippen LogP contribution < -0.4 is 5.32 Å². The van der Waals surface area contributed by atoms with Gasteiger partial charge in [0.15, 0.2) is 0 Å². The number of nitrogens with zero attached hydrogens (tertiary/aromatic N) is 2. The van der Waals surface area contributed by atoms with Crippen LogP contribution in [0, 0.1) is 11.8 Å². The first-order chi connectivity index (χ1) is 11.6. The molecule has 0 bridgehead atoms. The van der Waals surface area contributed by atoms with Gasteiger partial charge in [0.2, 0.25) is 0 Å². The number of carboxylic acids is 1. The van der Waals surface area contributed by atoms with Crippen molar-refractivity contribution in [3.05, 3.63) is 34.0 Å². The fourth-order valence-corrected chi connectivity index (χ4v) is 4.25. The Morgan fingerprint density at radius 2 is 2.12 bits per heavy atom. The van der Waals surface area contributed by atoms with Gasteiger partial charge in [0, 0.05) is 12.7 Å². The standard InChI is InChI=1S/C17H20BrN3O2S/c18-15-3-1-2-13(21-15)14-9-20-16(24-14)10-19-8-11-4-6-12(7-5-11)17(22)23/h1-3,9,11-12,19H,4-8,10H2,(H,22,23). The molecule has 2 aromatic rings. The van der Waals surface area contributed by atoms with Crippen LogP contribution in [0.2, 0.25) is 0 Å². The maximum Gasteiger partial charge on any atom is 0.306 e. The highest BCUT2D eigenvalue weighted by Gasteiger charge is 2.25. The van der Waals surface area contributed by atoms with Crippen LogP contribution in [-0.4, -0.2) is 27.6 Å². The van der Waals surface area contributed by atoms with Crippen molar-refractivity contribution >= 4 is 33.2 Å². The van der Waals surface area contributed by atoms with E-state index < -0.39 is 5.97 Å². The Morgan fingerprint density at radius 3 is 2.83 bits per heavy atom. The van der Waals surface area contributed by atoms with Crippen molar-refractivity contribution in [2.24, 2.45) is 11.8 Å². The van der Waals surface area contributed by atoms with Crippen LogP contribution in [0.25, 0.3) is 10.6 Å². The SMILES string of the molecule is O=C(O)C1CCC(CNCc2ncc(-c3cccc(Br)n3)s2)CC1. The maximum absolute atomic E-state index is 11.0. The summed E-state index contributed by atoms with van der Waals surface area (Å²) in [5.41, 5.74) is 0.931. The third kappa shape index (κ3) is 4.62. The molecule has 0 spiro atoms. The number of carboxylic acid groups (broad SMARTS) is 1. The number of thiazole rings is 1. The number of aliphatic carboxylic acids is 1. The topological polar surface area (TPSA) is 75.1 Å². The molecule has 0 atom stereocenters. The van der Waals surface area contributed by atoms with Crippen LogP contribution in [0.1, 0.15) is 30.7 Å². The van der Waals surface area contributed by atoms with Gasteiger partial charge in [-0.1, -0.05) is 6.07 Å². The lowest BCUT2D eigenvalue weighted by molar-refractivity contribution is -0.143. The van der Waals surface area contributed by atoms with Gasteiger partial charge in [-0.2, -0.15) is 0 Å². The summed E-state index contributed by atoms with van der Waals surface area (Å²) in [6.07, 6.45) is 5.47. The minimum Gasteiger partial charge on any atom is -0.481 e. The van der Waals surface area contributed by atoms with Crippen molar-refractivity contribution in [1.82, 2.24) is 15.3 Å². The number of pyridine rings is 1. The van der Waals surface area contributed by atoms with Gasteiger partial charge in [-0.05, 0) is 66.2 Å². The van der Waals surface area contributed by atoms with Gasteiger partial charge in [0.1, 0.15) is 9.61 Å². The average Bonchev–Trinajstić information content (AvgIpc) is 3.04. The lowest BCUT2D eigenvalue weighted by atomic mass is 9.82. The first kappa shape index (κ1) is 17.5. The molecule has 0 radical (unpaired) electrons. The molecular weight excluding hydrogens is 390 g/mol. The lowest BCUT2D eigenvalue weighted by Gasteiger charge is -2.26. The van der Waals surface area contributed by atoms with Gasteiger partial charge in [-0.3, -0.25) is 4.79 Å². The number of hydrogen-bond acceptors (Lipinski definition) is 5. The van der Waals surface area contributed by atoms with Crippen molar-refractivity contribution in [1.29, 1.82) is 0 Å². The summed E-state index contributed by atoms with van der Waals surface area (Å²) in [7, 11) is 0. The smallest absolute Gasteiger partial charge is 0.306 e. The normalized spacial score (nSPS) is 20.9. The van der Waals surface area contributed by atoms with Crippen molar-refractivity contribution in [2.75, 3.05) is 6.54 Å². The molecule has 5 nitrogen and oxygen atoms in total. The molecular formula is C17H20BrN3O2S. The highest BCUT2D eigenvalue weighted by Crippen LogP contribution is 2.29. The van der Waals surface area contributed by atoms with E-state index in [9.17, 15) is 4.79 Å². The monoisotopic (exact) mass is 409 g/mol. The van der Waals surface area contributed by atoms with E-state index >= 15 is 0 Å². The lowest BCUT2D eigenvalue weighted by Crippen LogP contribution is -2.28. The molecule has 2 aromatic heterocycles. The zero-order chi connectivity index (χ0) is 16.9. The van der Waals surface area contributed by atoms with Crippen molar-refractivity contribution in [2.45, 2.75) is 32.2 Å². The summed E-state index contributed by atoms with van der Waals surface area (Å²) >= 11 is 5.04. The molecule has 128 valence electrons. The third-order valence-electron chi connectivity index (χ3n) is 4.43. The van der Waals surface area contributed by atoms with Crippen LogP contribution in [0.15, 0.2) is 29.0 Å². The van der Waals surface area contributed by atoms with E-state index in [1.54, 1.807) is 11.3 Å². The molecule has 3 rings (SSSR count). The number of carbonyl (C=O) groups is 1. The summed E-state index contributed by atoms with van der Waals surface area (Å²) in [6.45, 7) is 1.67. The molecule has 2 heterocycles. The zero-order valence-corrected chi connectivity index (χ0v) is 15.6. The van der Waals surface area contributed by atoms with Gasteiger partial charge in [0.05, 0.1) is 16.5 Å². The summed E-state index contributed by atoms with van der Waals surface area (Å²) in [6, 6.07) is 5.86. The Hall–Kier alpha value is -1.31. The number of hydrogen-bond donors (Lipinski definition) is 2. The second-order valence-corrected chi connectivity index (χ2v) is 8.08. The van der Waals surface area contributed by atoms with E-state index in [0.29, 0.717) is 5.92 Å². The number of halogens is 1. The third-order valence-corrected chi connectivity index (χ3v) is 5.89. The molecule has 1 aliphatic carbocycles. The molecule has 1 fully saturated rings.